The first-order valence-corrected chi connectivity index (χ1v) is 8.14. The molecule has 2 N–H and O–H groups in total. The number of ether oxygens (including phenoxy) is 1. The van der Waals surface area contributed by atoms with Gasteiger partial charge in [0, 0.05) is 18.8 Å². The highest BCUT2D eigenvalue weighted by Gasteiger charge is 2.55. The first-order chi connectivity index (χ1) is 11.0. The number of carbonyl (C=O) groups is 2. The molecule has 4 atom stereocenters. The normalized spacial score (nSPS) is 29.0. The van der Waals surface area contributed by atoms with Crippen LogP contribution in [0.2, 0.25) is 0 Å². The van der Waals surface area contributed by atoms with Gasteiger partial charge in [0.2, 0.25) is 5.91 Å². The molecule has 0 aliphatic carbocycles. The molecule has 1 aromatic heterocycles. The van der Waals surface area contributed by atoms with Gasteiger partial charge in [-0.1, -0.05) is 0 Å². The van der Waals surface area contributed by atoms with E-state index in [0.717, 1.165) is 37.2 Å². The zero-order chi connectivity index (χ0) is 16.6. The van der Waals surface area contributed by atoms with Gasteiger partial charge in [0.05, 0.1) is 29.7 Å². The second kappa shape index (κ2) is 6.31. The molecule has 0 spiro atoms. The number of hydrogen-bond donors (Lipinski definition) is 2. The van der Waals surface area contributed by atoms with Gasteiger partial charge in [-0.25, -0.2) is 0 Å². The van der Waals surface area contributed by atoms with E-state index in [9.17, 15) is 14.7 Å². The summed E-state index contributed by atoms with van der Waals surface area (Å²) in [5, 5.41) is 16.6. The maximum atomic E-state index is 12.4. The number of fused-ring (bicyclic) bond motifs is 2. The van der Waals surface area contributed by atoms with Gasteiger partial charge in [0.1, 0.15) is 0 Å². The Balaban J connectivity index is 1.49. The Morgan fingerprint density at radius 2 is 2.04 bits per heavy atom. The molecule has 0 saturated carbocycles. The number of nitrogens with zero attached hydrogens (tertiary/aromatic N) is 2. The lowest BCUT2D eigenvalue weighted by atomic mass is 9.79. The number of rotatable bonds is 6. The number of carbonyl (C=O) groups excluding carboxylic acids is 1. The Morgan fingerprint density at radius 3 is 2.65 bits per heavy atom. The predicted molar refractivity (Wildman–Crippen MR) is 81.8 cm³/mol. The van der Waals surface area contributed by atoms with Gasteiger partial charge < -0.3 is 15.2 Å². The van der Waals surface area contributed by atoms with Gasteiger partial charge >= 0.3 is 5.97 Å². The van der Waals surface area contributed by atoms with E-state index in [1.54, 1.807) is 0 Å². The Labute approximate surface area is 135 Å². The van der Waals surface area contributed by atoms with Crippen LogP contribution in [0.5, 0.6) is 0 Å². The highest BCUT2D eigenvalue weighted by atomic mass is 16.5. The first kappa shape index (κ1) is 16.0. The van der Waals surface area contributed by atoms with Crippen LogP contribution < -0.4 is 5.32 Å². The topological polar surface area (TPSA) is 93.5 Å². The Bertz CT molecular complexity index is 612. The Morgan fingerprint density at radius 1 is 1.35 bits per heavy atom. The van der Waals surface area contributed by atoms with Gasteiger partial charge in [0.25, 0.3) is 0 Å². The van der Waals surface area contributed by atoms with E-state index >= 15 is 0 Å². The zero-order valence-electron chi connectivity index (χ0n) is 13.5. The number of aryl methyl sites for hydroxylation is 3. The number of amides is 1. The SMILES string of the molecule is Cc1cc(C)n(CCCNC(=O)[C@@H]2[C@@H](C(=O)O)[C@@H]3CC[C@H]2O3)n1. The van der Waals surface area contributed by atoms with E-state index in [4.69, 9.17) is 4.74 Å². The highest BCUT2D eigenvalue weighted by Crippen LogP contribution is 2.43. The smallest absolute Gasteiger partial charge is 0.310 e. The molecule has 2 bridgehead atoms. The molecule has 7 heteroatoms. The molecule has 1 amide bonds. The standard InChI is InChI=1S/C16H23N3O4/c1-9-8-10(2)19(18-9)7-3-6-17-15(20)13-11-4-5-12(23-11)14(13)16(21)22/h8,11-14H,3-7H2,1-2H3,(H,17,20)(H,21,22)/t11-,12+,13+,14+/m1/s1. The van der Waals surface area contributed by atoms with Gasteiger partial charge in [-0.3, -0.25) is 14.3 Å². The molecule has 3 heterocycles. The third-order valence-electron chi connectivity index (χ3n) is 4.81. The minimum absolute atomic E-state index is 0.196. The fourth-order valence-electron chi connectivity index (χ4n) is 3.78. The van der Waals surface area contributed by atoms with Crippen molar-refractivity contribution in [2.75, 3.05) is 6.54 Å². The second-order valence-electron chi connectivity index (χ2n) is 6.47. The molecule has 2 aliphatic heterocycles. The number of hydrogen-bond acceptors (Lipinski definition) is 4. The van der Waals surface area contributed by atoms with Crippen molar-refractivity contribution in [2.24, 2.45) is 11.8 Å². The summed E-state index contributed by atoms with van der Waals surface area (Å²) >= 11 is 0. The first-order valence-electron chi connectivity index (χ1n) is 8.14. The van der Waals surface area contributed by atoms with Gasteiger partial charge in [-0.05, 0) is 39.2 Å². The van der Waals surface area contributed by atoms with Crippen LogP contribution in [0.4, 0.5) is 0 Å². The van der Waals surface area contributed by atoms with Gasteiger partial charge in [-0.15, -0.1) is 0 Å². The van der Waals surface area contributed by atoms with Crippen LogP contribution in [0.3, 0.4) is 0 Å². The van der Waals surface area contributed by atoms with Crippen molar-refractivity contribution in [1.29, 1.82) is 0 Å². The number of carboxylic acid groups (broad SMARTS) is 1. The van der Waals surface area contributed by atoms with E-state index < -0.39 is 17.8 Å². The van der Waals surface area contributed by atoms with Crippen molar-refractivity contribution in [2.45, 2.75) is 51.9 Å². The lowest BCUT2D eigenvalue weighted by Gasteiger charge is -2.23. The molecule has 0 unspecified atom stereocenters. The van der Waals surface area contributed by atoms with Crippen molar-refractivity contribution in [1.82, 2.24) is 15.1 Å². The van der Waals surface area contributed by atoms with Crippen molar-refractivity contribution in [3.63, 3.8) is 0 Å². The molecule has 126 valence electrons. The summed E-state index contributed by atoms with van der Waals surface area (Å²) in [6, 6.07) is 2.02. The fraction of sp³-hybridized carbons (Fsp3) is 0.688. The van der Waals surface area contributed by atoms with E-state index in [0.29, 0.717) is 6.54 Å². The Kier molecular flexibility index (Phi) is 4.39. The molecule has 2 aliphatic rings. The third-order valence-corrected chi connectivity index (χ3v) is 4.81. The van der Waals surface area contributed by atoms with Crippen molar-refractivity contribution >= 4 is 11.9 Å². The van der Waals surface area contributed by atoms with Crippen molar-refractivity contribution in [3.05, 3.63) is 17.5 Å². The summed E-state index contributed by atoms with van der Waals surface area (Å²) in [6.07, 6.45) is 1.73. The Hall–Kier alpha value is -1.89. The predicted octanol–water partition coefficient (Wildman–Crippen LogP) is 0.884. The molecule has 7 nitrogen and oxygen atoms in total. The molecule has 0 radical (unpaired) electrons. The van der Waals surface area contributed by atoms with Crippen LogP contribution >= 0.6 is 0 Å². The second-order valence-corrected chi connectivity index (χ2v) is 6.47. The lowest BCUT2D eigenvalue weighted by Crippen LogP contribution is -2.44. The van der Waals surface area contributed by atoms with E-state index in [1.165, 1.54) is 0 Å². The quantitative estimate of drug-likeness (QED) is 0.759. The largest absolute Gasteiger partial charge is 0.481 e. The lowest BCUT2D eigenvalue weighted by molar-refractivity contribution is -0.147. The third kappa shape index (κ3) is 3.10. The number of aliphatic carboxylic acids is 1. The molecule has 0 aromatic carbocycles. The van der Waals surface area contributed by atoms with E-state index in [1.807, 2.05) is 24.6 Å². The van der Waals surface area contributed by atoms with E-state index in [-0.39, 0.29) is 18.1 Å². The fourth-order valence-corrected chi connectivity index (χ4v) is 3.78. The zero-order valence-corrected chi connectivity index (χ0v) is 13.5. The average Bonchev–Trinajstić information content (AvgIpc) is 3.17. The molecule has 23 heavy (non-hydrogen) atoms. The molecule has 2 fully saturated rings. The maximum Gasteiger partial charge on any atom is 0.310 e. The van der Waals surface area contributed by atoms with Crippen molar-refractivity contribution < 1.29 is 19.4 Å². The summed E-state index contributed by atoms with van der Waals surface area (Å²) in [7, 11) is 0. The highest BCUT2D eigenvalue weighted by molar-refractivity contribution is 5.86. The monoisotopic (exact) mass is 321 g/mol. The minimum Gasteiger partial charge on any atom is -0.481 e. The molecular formula is C16H23N3O4. The van der Waals surface area contributed by atoms with Crippen LogP contribution in [-0.2, 0) is 20.9 Å². The summed E-state index contributed by atoms with van der Waals surface area (Å²) in [5.74, 6) is -2.39. The maximum absolute atomic E-state index is 12.4. The number of nitrogens with one attached hydrogen (secondary N) is 1. The summed E-state index contributed by atoms with van der Waals surface area (Å²) in [5.41, 5.74) is 2.08. The van der Waals surface area contributed by atoms with Gasteiger partial charge in [-0.2, -0.15) is 5.10 Å². The summed E-state index contributed by atoms with van der Waals surface area (Å²) in [6.45, 7) is 5.20. The average molecular weight is 321 g/mol. The van der Waals surface area contributed by atoms with E-state index in [2.05, 4.69) is 10.4 Å². The molecular weight excluding hydrogens is 298 g/mol. The van der Waals surface area contributed by atoms with Crippen LogP contribution in [0.25, 0.3) is 0 Å². The number of aromatic nitrogens is 2. The van der Waals surface area contributed by atoms with Crippen molar-refractivity contribution in [3.8, 4) is 0 Å². The summed E-state index contributed by atoms with van der Waals surface area (Å²) in [4.78, 5) is 23.7. The number of carboxylic acids is 1. The molecule has 3 rings (SSSR count). The van der Waals surface area contributed by atoms with Crippen LogP contribution in [0.1, 0.15) is 30.7 Å². The molecule has 2 saturated heterocycles. The van der Waals surface area contributed by atoms with Gasteiger partial charge in [0.15, 0.2) is 0 Å². The molecule has 1 aromatic rings. The minimum atomic E-state index is -0.931. The van der Waals surface area contributed by atoms with Crippen LogP contribution in [0, 0.1) is 25.7 Å². The summed E-state index contributed by atoms with van der Waals surface area (Å²) < 4.78 is 7.54. The van der Waals surface area contributed by atoms with Crippen LogP contribution in [0.15, 0.2) is 6.07 Å². The van der Waals surface area contributed by atoms with Crippen LogP contribution in [-0.4, -0.2) is 45.5 Å².